The van der Waals surface area contributed by atoms with Crippen LogP contribution in [0.5, 0.6) is 28.7 Å². The fourth-order valence-corrected chi connectivity index (χ4v) is 2.98. The minimum Gasteiger partial charge on any atom is -0.508 e. The van der Waals surface area contributed by atoms with Gasteiger partial charge in [0.25, 0.3) is 0 Å². The summed E-state index contributed by atoms with van der Waals surface area (Å²) in [5, 5.41) is 39.1. The molecule has 0 unspecified atom stereocenters. The van der Waals surface area contributed by atoms with Crippen LogP contribution in [0.4, 0.5) is 0 Å². The van der Waals surface area contributed by atoms with Crippen LogP contribution in [0.1, 0.15) is 37.0 Å². The maximum atomic E-state index is 12.0. The zero-order chi connectivity index (χ0) is 18.8. The molecule has 4 N–H and O–H groups in total. The minimum absolute atomic E-state index is 0.149. The van der Waals surface area contributed by atoms with E-state index in [9.17, 15) is 25.2 Å². The molecule has 2 aromatic rings. The van der Waals surface area contributed by atoms with Crippen LogP contribution in [0.25, 0.3) is 0 Å². The summed E-state index contributed by atoms with van der Waals surface area (Å²) in [4.78, 5) is 12.0. The summed E-state index contributed by atoms with van der Waals surface area (Å²) in [5.41, 5.74) is 0.916. The first-order valence-electron chi connectivity index (χ1n) is 8.32. The minimum atomic E-state index is -0.768. The van der Waals surface area contributed by atoms with Crippen molar-refractivity contribution in [2.45, 2.75) is 38.4 Å². The quantitative estimate of drug-likeness (QED) is 0.489. The van der Waals surface area contributed by atoms with Gasteiger partial charge in [-0.15, -0.1) is 0 Å². The third-order valence-electron chi connectivity index (χ3n) is 4.23. The maximum absolute atomic E-state index is 12.0. The van der Waals surface area contributed by atoms with Crippen LogP contribution in [0.2, 0.25) is 0 Å². The van der Waals surface area contributed by atoms with E-state index in [1.54, 1.807) is 6.07 Å². The van der Waals surface area contributed by atoms with E-state index in [0.717, 1.165) is 0 Å². The second kappa shape index (κ2) is 7.03. The van der Waals surface area contributed by atoms with Gasteiger partial charge in [-0.1, -0.05) is 13.0 Å². The first-order valence-corrected chi connectivity index (χ1v) is 8.32. The molecule has 7 heteroatoms. The maximum Gasteiger partial charge on any atom is 0.306 e. The molecular weight excluding hydrogens is 340 g/mol. The molecule has 3 rings (SSSR count). The fourth-order valence-electron chi connectivity index (χ4n) is 2.98. The first-order chi connectivity index (χ1) is 12.4. The molecule has 1 heterocycles. The van der Waals surface area contributed by atoms with E-state index in [2.05, 4.69) is 0 Å². The molecule has 0 aliphatic carbocycles. The number of carbonyl (C=O) groups is 1. The third kappa shape index (κ3) is 3.46. The van der Waals surface area contributed by atoms with Crippen LogP contribution in [-0.2, 0) is 16.0 Å². The van der Waals surface area contributed by atoms with Crippen molar-refractivity contribution < 1.29 is 34.7 Å². The Morgan fingerprint density at radius 2 is 1.88 bits per heavy atom. The Kier molecular flexibility index (Phi) is 4.79. The molecule has 7 nitrogen and oxygen atoms in total. The van der Waals surface area contributed by atoms with Crippen molar-refractivity contribution in [3.63, 3.8) is 0 Å². The topological polar surface area (TPSA) is 116 Å². The summed E-state index contributed by atoms with van der Waals surface area (Å²) in [5.74, 6) is -1.04. The number of hydrogen-bond donors (Lipinski definition) is 4. The molecule has 0 saturated carbocycles. The molecule has 2 aromatic carbocycles. The Morgan fingerprint density at radius 3 is 2.58 bits per heavy atom. The van der Waals surface area contributed by atoms with Gasteiger partial charge in [0.2, 0.25) is 0 Å². The van der Waals surface area contributed by atoms with Gasteiger partial charge in [-0.05, 0) is 18.6 Å². The van der Waals surface area contributed by atoms with Gasteiger partial charge in [0.05, 0.1) is 0 Å². The fraction of sp³-hybridized carbons (Fsp3) is 0.316. The average molecular weight is 360 g/mol. The number of aromatic hydroxyl groups is 4. The normalized spacial score (nSPS) is 18.7. The van der Waals surface area contributed by atoms with E-state index in [4.69, 9.17) is 9.47 Å². The van der Waals surface area contributed by atoms with Crippen LogP contribution < -0.4 is 4.74 Å². The number of esters is 1. The molecule has 0 bridgehead atoms. The smallest absolute Gasteiger partial charge is 0.306 e. The van der Waals surface area contributed by atoms with E-state index in [0.29, 0.717) is 17.5 Å². The largest absolute Gasteiger partial charge is 0.508 e. The summed E-state index contributed by atoms with van der Waals surface area (Å²) in [6, 6.07) is 6.75. The summed E-state index contributed by atoms with van der Waals surface area (Å²) in [6.07, 6.45) is -0.439. The molecular formula is C19H20O7. The van der Waals surface area contributed by atoms with E-state index in [-0.39, 0.29) is 41.6 Å². The molecule has 0 fully saturated rings. The van der Waals surface area contributed by atoms with Gasteiger partial charge >= 0.3 is 5.97 Å². The number of fused-ring (bicyclic) bond motifs is 1. The predicted octanol–water partition coefficient (Wildman–Crippen LogP) is 2.90. The Hall–Kier alpha value is -3.09. The predicted molar refractivity (Wildman–Crippen MR) is 91.4 cm³/mol. The second-order valence-corrected chi connectivity index (χ2v) is 6.21. The first kappa shape index (κ1) is 17.7. The van der Waals surface area contributed by atoms with Crippen molar-refractivity contribution in [2.75, 3.05) is 0 Å². The Morgan fingerprint density at radius 1 is 1.12 bits per heavy atom. The number of phenols is 4. The highest BCUT2D eigenvalue weighted by atomic mass is 16.6. The lowest BCUT2D eigenvalue weighted by atomic mass is 9.93. The Balaban J connectivity index is 1.99. The molecule has 2 atom stereocenters. The van der Waals surface area contributed by atoms with Crippen LogP contribution in [0, 0.1) is 0 Å². The Labute approximate surface area is 150 Å². The van der Waals surface area contributed by atoms with Gasteiger partial charge in [0.1, 0.15) is 23.4 Å². The van der Waals surface area contributed by atoms with Crippen LogP contribution in [0.3, 0.4) is 0 Å². The lowest BCUT2D eigenvalue weighted by Crippen LogP contribution is -2.34. The van der Waals surface area contributed by atoms with Gasteiger partial charge in [-0.2, -0.15) is 0 Å². The van der Waals surface area contributed by atoms with Gasteiger partial charge < -0.3 is 29.9 Å². The molecule has 0 aromatic heterocycles. The zero-order valence-electron chi connectivity index (χ0n) is 14.2. The van der Waals surface area contributed by atoms with Gasteiger partial charge in [-0.25, -0.2) is 0 Å². The molecule has 1 aliphatic heterocycles. The van der Waals surface area contributed by atoms with Crippen molar-refractivity contribution in [3.05, 3.63) is 41.5 Å². The highest BCUT2D eigenvalue weighted by molar-refractivity contribution is 5.69. The van der Waals surface area contributed by atoms with Crippen molar-refractivity contribution >= 4 is 5.97 Å². The summed E-state index contributed by atoms with van der Waals surface area (Å²) in [6.45, 7) is 1.86. The number of carbonyl (C=O) groups excluding carboxylic acids is 1. The number of ether oxygens (including phenoxy) is 2. The molecule has 1 aliphatic rings. The standard InChI is InChI=1S/C19H20O7/c1-2-3-18(24)25-17-9-12-14(22)7-11(20)8-16(12)26-19(17)10-4-5-13(21)15(23)6-10/h4-8,17,19-23H,2-3,9H2,1H3/t17-,19-/m1/s1. The summed E-state index contributed by atoms with van der Waals surface area (Å²) >= 11 is 0. The van der Waals surface area contributed by atoms with Crippen molar-refractivity contribution in [3.8, 4) is 28.7 Å². The van der Waals surface area contributed by atoms with Crippen molar-refractivity contribution in [2.24, 2.45) is 0 Å². The van der Waals surface area contributed by atoms with Crippen LogP contribution in [0.15, 0.2) is 30.3 Å². The van der Waals surface area contributed by atoms with Crippen molar-refractivity contribution in [1.29, 1.82) is 0 Å². The Bertz CT molecular complexity index is 831. The van der Waals surface area contributed by atoms with E-state index in [1.165, 1.54) is 24.3 Å². The number of benzene rings is 2. The molecule has 0 radical (unpaired) electrons. The molecule has 0 spiro atoms. The average Bonchev–Trinajstić information content (AvgIpc) is 2.57. The van der Waals surface area contributed by atoms with Crippen LogP contribution >= 0.6 is 0 Å². The molecule has 0 amide bonds. The van der Waals surface area contributed by atoms with Gasteiger partial charge in [-0.3, -0.25) is 4.79 Å². The SMILES string of the molecule is CCCC(=O)O[C@@H]1Cc2c(O)cc(O)cc2O[C@@H]1c1ccc(O)c(O)c1. The highest BCUT2D eigenvalue weighted by Crippen LogP contribution is 2.43. The molecule has 26 heavy (non-hydrogen) atoms. The van der Waals surface area contributed by atoms with E-state index >= 15 is 0 Å². The summed E-state index contributed by atoms with van der Waals surface area (Å²) in [7, 11) is 0. The monoisotopic (exact) mass is 360 g/mol. The number of hydrogen-bond acceptors (Lipinski definition) is 7. The zero-order valence-corrected chi connectivity index (χ0v) is 14.2. The van der Waals surface area contributed by atoms with Gasteiger partial charge in [0, 0.05) is 36.1 Å². The highest BCUT2D eigenvalue weighted by Gasteiger charge is 2.36. The molecule has 138 valence electrons. The van der Waals surface area contributed by atoms with Crippen molar-refractivity contribution in [1.82, 2.24) is 0 Å². The summed E-state index contributed by atoms with van der Waals surface area (Å²) < 4.78 is 11.4. The lowest BCUT2D eigenvalue weighted by Gasteiger charge is -2.34. The van der Waals surface area contributed by atoms with E-state index < -0.39 is 18.2 Å². The van der Waals surface area contributed by atoms with E-state index in [1.807, 2.05) is 6.92 Å². The second-order valence-electron chi connectivity index (χ2n) is 6.21. The number of phenolic OH excluding ortho intramolecular Hbond substituents is 4. The number of rotatable bonds is 4. The van der Waals surface area contributed by atoms with Crippen LogP contribution in [-0.4, -0.2) is 32.5 Å². The molecule has 0 saturated heterocycles. The van der Waals surface area contributed by atoms with Gasteiger partial charge in [0.15, 0.2) is 17.6 Å². The lowest BCUT2D eigenvalue weighted by molar-refractivity contribution is -0.155. The third-order valence-corrected chi connectivity index (χ3v) is 4.23.